The number of benzene rings is 3. The molecule has 0 aliphatic rings. The van der Waals surface area contributed by atoms with Crippen LogP contribution in [0.1, 0.15) is 0 Å². The van der Waals surface area contributed by atoms with Gasteiger partial charge in [-0.1, -0.05) is 35.0 Å². The van der Waals surface area contributed by atoms with E-state index in [1.807, 2.05) is 18.2 Å². The van der Waals surface area contributed by atoms with Crippen LogP contribution in [0.2, 0.25) is 5.02 Å². The zero-order valence-corrected chi connectivity index (χ0v) is 19.9. The molecule has 2 aromatic heterocycles. The van der Waals surface area contributed by atoms with Gasteiger partial charge in [0.1, 0.15) is 0 Å². The smallest absolute Gasteiger partial charge is 0.262 e. The molecule has 2 heterocycles. The minimum Gasteiger partial charge on any atom is -0.493 e. The minimum atomic E-state index is -0.170. The quantitative estimate of drug-likeness (QED) is 0.316. The van der Waals surface area contributed by atoms with Gasteiger partial charge < -0.3 is 18.7 Å². The molecule has 0 atom stereocenters. The molecule has 0 amide bonds. The van der Waals surface area contributed by atoms with E-state index in [-0.39, 0.29) is 11.4 Å². The van der Waals surface area contributed by atoms with Gasteiger partial charge in [-0.15, -0.1) is 0 Å². The number of hydrogen-bond acceptors (Lipinski definition) is 7. The average molecular weight is 490 g/mol. The summed E-state index contributed by atoms with van der Waals surface area (Å²) < 4.78 is 23.5. The lowest BCUT2D eigenvalue weighted by Crippen LogP contribution is -2.18. The summed E-state index contributed by atoms with van der Waals surface area (Å²) in [6.07, 6.45) is 1.69. The number of fused-ring (bicyclic) bond motifs is 1. The molecule has 0 saturated carbocycles. The van der Waals surface area contributed by atoms with Gasteiger partial charge in [0.2, 0.25) is 11.6 Å². The van der Waals surface area contributed by atoms with Crippen molar-refractivity contribution in [2.75, 3.05) is 21.3 Å². The van der Waals surface area contributed by atoms with Crippen LogP contribution in [0.5, 0.6) is 17.2 Å². The van der Waals surface area contributed by atoms with Crippen LogP contribution in [0.15, 0.2) is 76.2 Å². The van der Waals surface area contributed by atoms with E-state index in [9.17, 15) is 4.79 Å². The highest BCUT2D eigenvalue weighted by Crippen LogP contribution is 2.41. The zero-order valence-electron chi connectivity index (χ0n) is 19.1. The van der Waals surface area contributed by atoms with Gasteiger partial charge in [-0.3, -0.25) is 9.36 Å². The van der Waals surface area contributed by atoms with Gasteiger partial charge in [-0.25, -0.2) is 0 Å². The van der Waals surface area contributed by atoms with Crippen molar-refractivity contribution in [3.63, 3.8) is 0 Å². The lowest BCUT2D eigenvalue weighted by molar-refractivity contribution is 0.324. The average Bonchev–Trinajstić information content (AvgIpc) is 3.39. The van der Waals surface area contributed by atoms with Crippen LogP contribution in [0.3, 0.4) is 0 Å². The number of rotatable bonds is 6. The van der Waals surface area contributed by atoms with Crippen molar-refractivity contribution in [2.24, 2.45) is 0 Å². The van der Waals surface area contributed by atoms with Crippen molar-refractivity contribution < 1.29 is 18.7 Å². The first-order chi connectivity index (χ1) is 17.0. The van der Waals surface area contributed by atoms with E-state index in [1.54, 1.807) is 48.7 Å². The zero-order chi connectivity index (χ0) is 24.5. The van der Waals surface area contributed by atoms with Gasteiger partial charge in [0.05, 0.1) is 26.9 Å². The molecule has 0 spiro atoms. The Bertz CT molecular complexity index is 1570. The summed E-state index contributed by atoms with van der Waals surface area (Å²) >= 11 is 6.04. The van der Waals surface area contributed by atoms with Crippen LogP contribution in [-0.4, -0.2) is 36.0 Å². The van der Waals surface area contributed by atoms with E-state index in [0.717, 1.165) is 0 Å². The van der Waals surface area contributed by atoms with Gasteiger partial charge in [0.25, 0.3) is 11.4 Å². The van der Waals surface area contributed by atoms with Crippen LogP contribution in [0.25, 0.3) is 39.3 Å². The molecule has 0 unspecified atom stereocenters. The van der Waals surface area contributed by atoms with Gasteiger partial charge in [-0.2, -0.15) is 4.98 Å². The fourth-order valence-electron chi connectivity index (χ4n) is 3.92. The molecule has 0 bridgehead atoms. The largest absolute Gasteiger partial charge is 0.493 e. The van der Waals surface area contributed by atoms with E-state index in [2.05, 4.69) is 10.1 Å². The first-order valence-electron chi connectivity index (χ1n) is 10.6. The van der Waals surface area contributed by atoms with Crippen molar-refractivity contribution in [1.29, 1.82) is 0 Å². The molecular formula is C26H20ClN3O5. The van der Waals surface area contributed by atoms with E-state index in [4.69, 9.17) is 30.3 Å². The number of ether oxygens (including phenoxy) is 3. The van der Waals surface area contributed by atoms with Crippen LogP contribution >= 0.6 is 11.6 Å². The Morgan fingerprint density at radius 2 is 1.54 bits per heavy atom. The van der Waals surface area contributed by atoms with E-state index < -0.39 is 0 Å². The number of aromatic nitrogens is 3. The third-order valence-corrected chi connectivity index (χ3v) is 5.86. The predicted molar refractivity (Wildman–Crippen MR) is 133 cm³/mol. The maximum atomic E-state index is 13.2. The van der Waals surface area contributed by atoms with Gasteiger partial charge in [-0.05, 0) is 42.5 Å². The Labute approximate surface area is 205 Å². The Morgan fingerprint density at radius 1 is 0.886 bits per heavy atom. The fourth-order valence-corrected chi connectivity index (χ4v) is 4.04. The van der Waals surface area contributed by atoms with E-state index in [1.165, 1.54) is 25.9 Å². The highest BCUT2D eigenvalue weighted by molar-refractivity contribution is 6.30. The summed E-state index contributed by atoms with van der Waals surface area (Å²) in [6, 6.07) is 17.8. The molecule has 0 aliphatic heterocycles. The lowest BCUT2D eigenvalue weighted by atomic mass is 10.1. The van der Waals surface area contributed by atoms with Crippen LogP contribution < -0.4 is 19.8 Å². The van der Waals surface area contributed by atoms with Crippen molar-refractivity contribution in [3.05, 3.63) is 82.2 Å². The number of halogens is 1. The van der Waals surface area contributed by atoms with Crippen molar-refractivity contribution in [3.8, 4) is 45.8 Å². The number of methoxy groups -OCH3 is 3. The third-order valence-electron chi connectivity index (χ3n) is 5.61. The fraction of sp³-hybridized carbons (Fsp3) is 0.115. The maximum absolute atomic E-state index is 13.2. The lowest BCUT2D eigenvalue weighted by Gasteiger charge is -2.12. The van der Waals surface area contributed by atoms with Gasteiger partial charge in [0, 0.05) is 33.2 Å². The van der Waals surface area contributed by atoms with Crippen LogP contribution in [-0.2, 0) is 0 Å². The van der Waals surface area contributed by atoms with Crippen molar-refractivity contribution in [2.45, 2.75) is 0 Å². The van der Waals surface area contributed by atoms with Crippen molar-refractivity contribution >= 4 is 22.4 Å². The predicted octanol–water partition coefficient (Wildman–Crippen LogP) is 5.39. The molecule has 0 fully saturated rings. The first kappa shape index (κ1) is 22.5. The van der Waals surface area contributed by atoms with Gasteiger partial charge >= 0.3 is 0 Å². The number of hydrogen-bond donors (Lipinski definition) is 0. The topological polar surface area (TPSA) is 88.6 Å². The SMILES string of the molecule is COc1cc(-c2noc(-c3cn(-c4ccc(Cl)cc4)c(=O)c4ccccc34)n2)cc(OC)c1OC. The van der Waals surface area contributed by atoms with Crippen LogP contribution in [0, 0.1) is 0 Å². The molecule has 9 heteroatoms. The molecule has 0 aliphatic carbocycles. The molecule has 0 N–H and O–H groups in total. The number of pyridine rings is 1. The second-order valence-electron chi connectivity index (χ2n) is 7.58. The Morgan fingerprint density at radius 3 is 2.17 bits per heavy atom. The Kier molecular flexibility index (Phi) is 5.88. The molecular weight excluding hydrogens is 470 g/mol. The summed E-state index contributed by atoms with van der Waals surface area (Å²) in [5.41, 5.74) is 1.72. The highest BCUT2D eigenvalue weighted by atomic mass is 35.5. The summed E-state index contributed by atoms with van der Waals surface area (Å²) in [7, 11) is 4.61. The van der Waals surface area contributed by atoms with Crippen molar-refractivity contribution in [1.82, 2.24) is 14.7 Å². The second kappa shape index (κ2) is 9.15. The second-order valence-corrected chi connectivity index (χ2v) is 8.01. The summed E-state index contributed by atoms with van der Waals surface area (Å²) in [6.45, 7) is 0. The molecule has 3 aromatic carbocycles. The first-order valence-corrected chi connectivity index (χ1v) is 11.0. The monoisotopic (exact) mass is 489 g/mol. The summed E-state index contributed by atoms with van der Waals surface area (Å²) in [4.78, 5) is 17.9. The minimum absolute atomic E-state index is 0.170. The van der Waals surface area contributed by atoms with E-state index in [0.29, 0.717) is 55.7 Å². The summed E-state index contributed by atoms with van der Waals surface area (Å²) in [5, 5.41) is 5.97. The normalized spacial score (nSPS) is 11.0. The molecule has 35 heavy (non-hydrogen) atoms. The molecule has 8 nitrogen and oxygen atoms in total. The molecule has 0 saturated heterocycles. The Hall–Kier alpha value is -4.30. The molecule has 5 aromatic rings. The maximum Gasteiger partial charge on any atom is 0.262 e. The van der Waals surface area contributed by atoms with Crippen LogP contribution in [0.4, 0.5) is 0 Å². The number of nitrogens with zero attached hydrogens (tertiary/aromatic N) is 3. The van der Waals surface area contributed by atoms with Gasteiger partial charge in [0.15, 0.2) is 11.5 Å². The summed E-state index contributed by atoms with van der Waals surface area (Å²) in [5.74, 6) is 1.98. The third kappa shape index (κ3) is 3.98. The molecule has 176 valence electrons. The molecule has 5 rings (SSSR count). The standard InChI is InChI=1S/C26H20ClN3O5/c1-32-21-12-15(13-22(33-2)23(21)34-3)24-28-25(35-29-24)20-14-30(17-10-8-16(27)9-11-17)26(31)19-7-5-4-6-18(19)20/h4-14H,1-3H3. The highest BCUT2D eigenvalue weighted by Gasteiger charge is 2.20. The Balaban J connectivity index is 1.68. The van der Waals surface area contributed by atoms with E-state index >= 15 is 0 Å². The molecule has 0 radical (unpaired) electrons.